The maximum Gasteiger partial charge on any atom is 0.255 e. The van der Waals surface area contributed by atoms with Crippen LogP contribution in [0.1, 0.15) is 48.4 Å². The minimum atomic E-state index is -0.463. The third kappa shape index (κ3) is 5.21. The summed E-state index contributed by atoms with van der Waals surface area (Å²) in [5.41, 5.74) is 0.993. The molecule has 25 heavy (non-hydrogen) atoms. The Kier molecular flexibility index (Phi) is 5.76. The van der Waals surface area contributed by atoms with E-state index in [1.807, 2.05) is 20.8 Å². The van der Waals surface area contributed by atoms with Gasteiger partial charge in [0, 0.05) is 16.8 Å². The molecule has 0 unspecified atom stereocenters. The van der Waals surface area contributed by atoms with Crippen molar-refractivity contribution in [3.05, 3.63) is 57.6 Å². The van der Waals surface area contributed by atoms with Gasteiger partial charge in [-0.25, -0.2) is 0 Å². The molecule has 2 aromatic carbocycles. The zero-order valence-corrected chi connectivity index (χ0v) is 16.0. The molecule has 4 nitrogen and oxygen atoms in total. The molecule has 0 bridgehead atoms. The van der Waals surface area contributed by atoms with E-state index in [0.717, 1.165) is 0 Å². The summed E-state index contributed by atoms with van der Waals surface area (Å²) in [6.45, 7) is 7.12. The predicted octanol–water partition coefficient (Wildman–Crippen LogP) is 5.63. The highest BCUT2D eigenvalue weighted by atomic mass is 35.5. The first-order valence-corrected chi connectivity index (χ1v) is 8.43. The van der Waals surface area contributed by atoms with Crippen LogP contribution in [0.25, 0.3) is 0 Å². The average molecular weight is 380 g/mol. The Balaban J connectivity index is 2.20. The Morgan fingerprint density at radius 1 is 0.960 bits per heavy atom. The zero-order valence-electron chi connectivity index (χ0n) is 14.4. The number of carbonyl (C=O) groups excluding carboxylic acids is 2. The largest absolute Gasteiger partial charge is 0.485 e. The fourth-order valence-corrected chi connectivity index (χ4v) is 2.65. The lowest BCUT2D eigenvalue weighted by Crippen LogP contribution is -2.23. The Morgan fingerprint density at radius 3 is 1.92 bits per heavy atom. The first kappa shape index (κ1) is 19.3. The Bertz CT molecular complexity index is 785. The quantitative estimate of drug-likeness (QED) is 0.700. The van der Waals surface area contributed by atoms with Gasteiger partial charge < -0.3 is 10.1 Å². The normalized spacial score (nSPS) is 11.1. The van der Waals surface area contributed by atoms with Gasteiger partial charge in [-0.2, -0.15) is 0 Å². The Hall–Kier alpha value is -2.04. The molecule has 6 heteroatoms. The molecule has 0 aliphatic carbocycles. The predicted molar refractivity (Wildman–Crippen MR) is 101 cm³/mol. The molecule has 0 spiro atoms. The lowest BCUT2D eigenvalue weighted by atomic mass is 10.1. The molecule has 0 aliphatic rings. The number of anilines is 1. The average Bonchev–Trinajstić information content (AvgIpc) is 2.50. The summed E-state index contributed by atoms with van der Waals surface area (Å²) < 4.78 is 5.72. The van der Waals surface area contributed by atoms with E-state index in [9.17, 15) is 9.59 Å². The molecule has 0 fully saturated rings. The topological polar surface area (TPSA) is 55.4 Å². The van der Waals surface area contributed by atoms with Gasteiger partial charge in [0.05, 0.1) is 10.0 Å². The van der Waals surface area contributed by atoms with Crippen molar-refractivity contribution in [2.45, 2.75) is 33.3 Å². The molecular formula is C19H19Cl2NO3. The van der Waals surface area contributed by atoms with Crippen molar-refractivity contribution in [3.8, 4) is 5.75 Å². The third-order valence-corrected chi connectivity index (χ3v) is 3.78. The summed E-state index contributed by atoms with van der Waals surface area (Å²) in [5.74, 6) is -0.0502. The lowest BCUT2D eigenvalue weighted by Gasteiger charge is -2.23. The molecule has 0 saturated carbocycles. The Morgan fingerprint density at radius 2 is 1.48 bits per heavy atom. The minimum absolute atomic E-state index is 0.0362. The van der Waals surface area contributed by atoms with Gasteiger partial charge >= 0.3 is 0 Å². The maximum atomic E-state index is 12.4. The van der Waals surface area contributed by atoms with E-state index in [0.29, 0.717) is 22.6 Å². The number of Topliss-reactive ketones (excluding diaryl/α,β-unsaturated/α-hetero) is 1. The highest BCUT2D eigenvalue weighted by Gasteiger charge is 2.19. The van der Waals surface area contributed by atoms with E-state index in [-0.39, 0.29) is 21.7 Å². The molecule has 2 aromatic rings. The van der Waals surface area contributed by atoms with Crippen LogP contribution >= 0.6 is 23.2 Å². The number of hydrogen-bond acceptors (Lipinski definition) is 3. The molecular weight excluding hydrogens is 361 g/mol. The monoisotopic (exact) mass is 379 g/mol. The summed E-state index contributed by atoms with van der Waals surface area (Å²) in [7, 11) is 0. The van der Waals surface area contributed by atoms with Gasteiger partial charge in [-0.1, -0.05) is 23.2 Å². The SMILES string of the molecule is CC(=O)c1ccc(NC(=O)c2cc(Cl)c(OC(C)(C)C)c(Cl)c2)cc1. The van der Waals surface area contributed by atoms with E-state index in [1.165, 1.54) is 19.1 Å². The summed E-state index contributed by atoms with van der Waals surface area (Å²) in [6, 6.07) is 9.64. The highest BCUT2D eigenvalue weighted by molar-refractivity contribution is 6.37. The second kappa shape index (κ2) is 7.46. The van der Waals surface area contributed by atoms with Crippen molar-refractivity contribution in [1.82, 2.24) is 0 Å². The van der Waals surface area contributed by atoms with Crippen LogP contribution in [0.4, 0.5) is 5.69 Å². The van der Waals surface area contributed by atoms with Gasteiger partial charge in [-0.15, -0.1) is 0 Å². The Labute approximate surface area is 157 Å². The fourth-order valence-electron chi connectivity index (χ4n) is 2.09. The number of rotatable bonds is 4. The number of benzene rings is 2. The van der Waals surface area contributed by atoms with E-state index >= 15 is 0 Å². The van der Waals surface area contributed by atoms with E-state index in [1.54, 1.807) is 24.3 Å². The summed E-state index contributed by atoms with van der Waals surface area (Å²) in [5, 5.41) is 3.27. The number of amides is 1. The first-order valence-electron chi connectivity index (χ1n) is 7.67. The highest BCUT2D eigenvalue weighted by Crippen LogP contribution is 2.36. The van der Waals surface area contributed by atoms with Crippen LogP contribution in [0.2, 0.25) is 10.0 Å². The van der Waals surface area contributed by atoms with Crippen LogP contribution in [0.15, 0.2) is 36.4 Å². The lowest BCUT2D eigenvalue weighted by molar-refractivity contribution is 0.101. The van der Waals surface area contributed by atoms with Gasteiger partial charge in [-0.05, 0) is 64.1 Å². The molecule has 1 amide bonds. The number of ketones is 1. The van der Waals surface area contributed by atoms with Crippen molar-refractivity contribution in [2.24, 2.45) is 0 Å². The molecule has 0 heterocycles. The fraction of sp³-hybridized carbons (Fsp3) is 0.263. The molecule has 0 aromatic heterocycles. The summed E-state index contributed by atoms with van der Waals surface area (Å²) in [6.07, 6.45) is 0. The van der Waals surface area contributed by atoms with Crippen LogP contribution in [0.5, 0.6) is 5.75 Å². The molecule has 132 valence electrons. The summed E-state index contributed by atoms with van der Waals surface area (Å²) in [4.78, 5) is 23.7. The van der Waals surface area contributed by atoms with Crippen molar-refractivity contribution in [2.75, 3.05) is 5.32 Å². The minimum Gasteiger partial charge on any atom is -0.485 e. The van der Waals surface area contributed by atoms with Gasteiger partial charge in [-0.3, -0.25) is 9.59 Å². The maximum absolute atomic E-state index is 12.4. The molecule has 2 rings (SSSR count). The van der Waals surface area contributed by atoms with Crippen LogP contribution in [-0.2, 0) is 0 Å². The van der Waals surface area contributed by atoms with Crippen LogP contribution in [0, 0.1) is 0 Å². The number of nitrogens with one attached hydrogen (secondary N) is 1. The number of ether oxygens (including phenoxy) is 1. The standard InChI is InChI=1S/C19H19Cl2NO3/c1-11(23)12-5-7-14(8-6-12)22-18(24)13-9-15(20)17(16(21)10-13)25-19(2,3)4/h5-10H,1-4H3,(H,22,24). The second-order valence-electron chi connectivity index (χ2n) is 6.57. The van der Waals surface area contributed by atoms with E-state index in [2.05, 4.69) is 5.32 Å². The van der Waals surface area contributed by atoms with Crippen molar-refractivity contribution < 1.29 is 14.3 Å². The first-order chi connectivity index (χ1) is 11.6. The van der Waals surface area contributed by atoms with Gasteiger partial charge in [0.1, 0.15) is 5.60 Å². The molecule has 0 aliphatic heterocycles. The zero-order chi connectivity index (χ0) is 18.8. The van der Waals surface area contributed by atoms with Crippen LogP contribution < -0.4 is 10.1 Å². The van der Waals surface area contributed by atoms with E-state index in [4.69, 9.17) is 27.9 Å². The van der Waals surface area contributed by atoms with Crippen molar-refractivity contribution in [3.63, 3.8) is 0 Å². The molecule has 0 saturated heterocycles. The number of halogens is 2. The molecule has 0 atom stereocenters. The van der Waals surface area contributed by atoms with E-state index < -0.39 is 5.60 Å². The number of hydrogen-bond donors (Lipinski definition) is 1. The van der Waals surface area contributed by atoms with Crippen LogP contribution in [0.3, 0.4) is 0 Å². The van der Waals surface area contributed by atoms with Gasteiger partial charge in [0.15, 0.2) is 11.5 Å². The van der Waals surface area contributed by atoms with Gasteiger partial charge in [0.2, 0.25) is 0 Å². The molecule has 0 radical (unpaired) electrons. The van der Waals surface area contributed by atoms with Crippen molar-refractivity contribution >= 4 is 40.6 Å². The summed E-state index contributed by atoms with van der Waals surface area (Å²) >= 11 is 12.4. The number of carbonyl (C=O) groups is 2. The molecule has 1 N–H and O–H groups in total. The van der Waals surface area contributed by atoms with Crippen molar-refractivity contribution in [1.29, 1.82) is 0 Å². The smallest absolute Gasteiger partial charge is 0.255 e. The third-order valence-electron chi connectivity index (χ3n) is 3.22. The second-order valence-corrected chi connectivity index (χ2v) is 7.39. The van der Waals surface area contributed by atoms with Crippen LogP contribution in [-0.4, -0.2) is 17.3 Å². The van der Waals surface area contributed by atoms with Gasteiger partial charge in [0.25, 0.3) is 5.91 Å².